The van der Waals surface area contributed by atoms with Crippen molar-refractivity contribution in [2.24, 2.45) is 17.3 Å². The van der Waals surface area contributed by atoms with Gasteiger partial charge in [0.05, 0.1) is 6.10 Å². The standard InChI is InChI=1S/C32H45F5O2S/c1-30-17-15-26-25-12-11-24(38)21-23(25)20-22(29(26)27(30)13-14-28(30)39)10-7-5-3-2-4-6-8-18-40-19-9-16-31(33,34)32(35,36)37/h11-12,20-21,26-29,38-39H,2-10,13-19H2,1H3/t26?,27?,28-,29?,30-/m0/s1. The molecule has 0 heterocycles. The van der Waals surface area contributed by atoms with E-state index in [0.29, 0.717) is 29.3 Å². The van der Waals surface area contributed by atoms with E-state index in [2.05, 4.69) is 19.1 Å². The highest BCUT2D eigenvalue weighted by molar-refractivity contribution is 7.99. The number of thioether (sulfide) groups is 1. The molecule has 0 bridgehead atoms. The third-order valence-electron chi connectivity index (χ3n) is 9.91. The van der Waals surface area contributed by atoms with Crippen LogP contribution in [0.15, 0.2) is 23.8 Å². The number of phenolic OH excluding ortho intramolecular Hbond substituents is 1. The maximum atomic E-state index is 12.9. The third-order valence-corrected chi connectivity index (χ3v) is 11.1. The molecule has 3 aliphatic rings. The summed E-state index contributed by atoms with van der Waals surface area (Å²) < 4.78 is 62.4. The largest absolute Gasteiger partial charge is 0.508 e. The van der Waals surface area contributed by atoms with Crippen LogP contribution in [0.4, 0.5) is 22.0 Å². The van der Waals surface area contributed by atoms with Crippen LogP contribution in [-0.4, -0.2) is 39.9 Å². The average molecular weight is 589 g/mol. The number of halogens is 5. The monoisotopic (exact) mass is 588 g/mol. The Labute approximate surface area is 240 Å². The maximum absolute atomic E-state index is 12.9. The molecule has 2 fully saturated rings. The predicted molar refractivity (Wildman–Crippen MR) is 153 cm³/mol. The van der Waals surface area contributed by atoms with Crippen molar-refractivity contribution in [2.45, 2.75) is 121 Å². The van der Waals surface area contributed by atoms with Gasteiger partial charge < -0.3 is 10.2 Å². The van der Waals surface area contributed by atoms with Gasteiger partial charge in [-0.3, -0.25) is 0 Å². The maximum Gasteiger partial charge on any atom is 0.453 e. The van der Waals surface area contributed by atoms with E-state index in [1.807, 2.05) is 12.1 Å². The summed E-state index contributed by atoms with van der Waals surface area (Å²) in [5.41, 5.74) is 4.01. The molecule has 0 saturated heterocycles. The number of allylic oxidation sites excluding steroid dienone is 1. The van der Waals surface area contributed by atoms with E-state index in [0.717, 1.165) is 88.4 Å². The normalized spacial score (nSPS) is 28.1. The van der Waals surface area contributed by atoms with E-state index in [1.54, 1.807) is 0 Å². The number of rotatable bonds is 14. The second kappa shape index (κ2) is 13.4. The molecular formula is C32H45F5O2S. The molecule has 1 aromatic carbocycles. The Hall–Kier alpha value is -1.28. The molecule has 2 N–H and O–H groups in total. The van der Waals surface area contributed by atoms with Crippen LogP contribution < -0.4 is 0 Å². The highest BCUT2D eigenvalue weighted by Gasteiger charge is 2.57. The SMILES string of the molecule is C[C@]12CCC3c4ccc(O)cc4C=C(CCCCCCCCCSCCCC(F)(F)C(F)(F)F)C3C1CC[C@@H]2O. The van der Waals surface area contributed by atoms with Gasteiger partial charge >= 0.3 is 12.1 Å². The topological polar surface area (TPSA) is 40.5 Å². The molecule has 226 valence electrons. The molecule has 40 heavy (non-hydrogen) atoms. The van der Waals surface area contributed by atoms with Crippen molar-refractivity contribution in [1.29, 1.82) is 0 Å². The number of alkyl halides is 5. The molecule has 8 heteroatoms. The van der Waals surface area contributed by atoms with Gasteiger partial charge in [-0.1, -0.05) is 56.7 Å². The number of aliphatic hydroxyl groups excluding tert-OH is 1. The lowest BCUT2D eigenvalue weighted by Gasteiger charge is -2.50. The molecule has 0 amide bonds. The molecule has 3 aliphatic carbocycles. The number of benzene rings is 1. The second-order valence-corrected chi connectivity index (χ2v) is 13.8. The number of unbranched alkanes of at least 4 members (excludes halogenated alkanes) is 6. The number of phenols is 1. The average Bonchev–Trinajstić information content (AvgIpc) is 3.19. The number of fused-ring (bicyclic) bond motifs is 5. The van der Waals surface area contributed by atoms with Gasteiger partial charge in [-0.05, 0) is 109 Å². The number of hydrogen-bond acceptors (Lipinski definition) is 3. The minimum Gasteiger partial charge on any atom is -0.508 e. The first-order valence-electron chi connectivity index (χ1n) is 15.2. The predicted octanol–water partition coefficient (Wildman–Crippen LogP) is 9.89. The van der Waals surface area contributed by atoms with Gasteiger partial charge in [-0.25, -0.2) is 0 Å². The minimum absolute atomic E-state index is 0.00110. The van der Waals surface area contributed by atoms with E-state index in [1.165, 1.54) is 22.9 Å². The van der Waals surface area contributed by atoms with Crippen LogP contribution in [0.1, 0.15) is 114 Å². The third kappa shape index (κ3) is 7.19. The van der Waals surface area contributed by atoms with Gasteiger partial charge in [-0.2, -0.15) is 33.7 Å². The summed E-state index contributed by atoms with van der Waals surface area (Å²) >= 11 is 1.47. The van der Waals surface area contributed by atoms with E-state index in [9.17, 15) is 32.2 Å². The highest BCUT2D eigenvalue weighted by Crippen LogP contribution is 2.62. The molecule has 2 saturated carbocycles. The Morgan fingerprint density at radius 3 is 2.30 bits per heavy atom. The molecule has 2 nitrogen and oxygen atoms in total. The Morgan fingerprint density at radius 1 is 0.900 bits per heavy atom. The van der Waals surface area contributed by atoms with Gasteiger partial charge in [0.25, 0.3) is 0 Å². The molecule has 0 aliphatic heterocycles. The first-order valence-corrected chi connectivity index (χ1v) is 16.3. The number of aromatic hydroxyl groups is 1. The molecule has 4 rings (SSSR count). The van der Waals surface area contributed by atoms with E-state index < -0.39 is 18.5 Å². The van der Waals surface area contributed by atoms with Gasteiger partial charge in [0.2, 0.25) is 0 Å². The van der Waals surface area contributed by atoms with Crippen molar-refractivity contribution >= 4 is 17.8 Å². The van der Waals surface area contributed by atoms with Crippen molar-refractivity contribution in [3.63, 3.8) is 0 Å². The van der Waals surface area contributed by atoms with Gasteiger partial charge in [0, 0.05) is 6.42 Å². The summed E-state index contributed by atoms with van der Waals surface area (Å²) in [5.74, 6) is -1.67. The first kappa shape index (κ1) is 31.7. The summed E-state index contributed by atoms with van der Waals surface area (Å²) in [7, 11) is 0. The van der Waals surface area contributed by atoms with Crippen LogP contribution in [0, 0.1) is 17.3 Å². The van der Waals surface area contributed by atoms with Crippen LogP contribution in [0.3, 0.4) is 0 Å². The Morgan fingerprint density at radius 2 is 1.57 bits per heavy atom. The molecule has 5 atom stereocenters. The number of aliphatic hydroxyl groups is 1. The molecule has 3 unspecified atom stereocenters. The fraction of sp³-hybridized carbons (Fsp3) is 0.750. The summed E-state index contributed by atoms with van der Waals surface area (Å²) in [6, 6.07) is 5.82. The van der Waals surface area contributed by atoms with Crippen LogP contribution in [0.5, 0.6) is 5.75 Å². The zero-order chi connectivity index (χ0) is 29.0. The minimum atomic E-state index is -5.44. The van der Waals surface area contributed by atoms with Crippen molar-refractivity contribution in [3.05, 3.63) is 34.9 Å². The van der Waals surface area contributed by atoms with Crippen molar-refractivity contribution in [2.75, 3.05) is 11.5 Å². The zero-order valence-electron chi connectivity index (χ0n) is 23.6. The summed E-state index contributed by atoms with van der Waals surface area (Å²) in [6.45, 7) is 2.29. The van der Waals surface area contributed by atoms with Crippen molar-refractivity contribution in [3.8, 4) is 5.75 Å². The zero-order valence-corrected chi connectivity index (χ0v) is 24.4. The van der Waals surface area contributed by atoms with Gasteiger partial charge in [0.1, 0.15) is 5.75 Å². The second-order valence-electron chi connectivity index (χ2n) is 12.6. The Kier molecular flexibility index (Phi) is 10.6. The summed E-state index contributed by atoms with van der Waals surface area (Å²) in [6.07, 6.45) is 8.36. The smallest absolute Gasteiger partial charge is 0.453 e. The first-order chi connectivity index (χ1) is 18.9. The summed E-state index contributed by atoms with van der Waals surface area (Å²) in [4.78, 5) is 0. The molecular weight excluding hydrogens is 543 g/mol. The van der Waals surface area contributed by atoms with Crippen LogP contribution in [0.25, 0.3) is 6.08 Å². The highest BCUT2D eigenvalue weighted by atomic mass is 32.2. The van der Waals surface area contributed by atoms with Gasteiger partial charge in [0.15, 0.2) is 0 Å². The van der Waals surface area contributed by atoms with E-state index in [-0.39, 0.29) is 17.9 Å². The summed E-state index contributed by atoms with van der Waals surface area (Å²) in [5, 5.41) is 20.9. The molecule has 1 aromatic rings. The number of hydrogen-bond donors (Lipinski definition) is 2. The van der Waals surface area contributed by atoms with Crippen molar-refractivity contribution < 1.29 is 32.2 Å². The van der Waals surface area contributed by atoms with Gasteiger partial charge in [-0.15, -0.1) is 0 Å². The quantitative estimate of drug-likeness (QED) is 0.168. The molecule has 0 aromatic heterocycles. The van der Waals surface area contributed by atoms with E-state index in [4.69, 9.17) is 0 Å². The lowest BCUT2D eigenvalue weighted by atomic mass is 9.54. The fourth-order valence-electron chi connectivity index (χ4n) is 7.59. The van der Waals surface area contributed by atoms with Crippen LogP contribution >= 0.6 is 11.8 Å². The molecule has 0 spiro atoms. The van der Waals surface area contributed by atoms with Crippen LogP contribution in [0.2, 0.25) is 0 Å². The Balaban J connectivity index is 1.15. The van der Waals surface area contributed by atoms with E-state index >= 15 is 0 Å². The fourth-order valence-corrected chi connectivity index (χ4v) is 8.56. The molecule has 0 radical (unpaired) electrons. The van der Waals surface area contributed by atoms with Crippen LogP contribution in [-0.2, 0) is 0 Å². The lowest BCUT2D eigenvalue weighted by Crippen LogP contribution is -2.44. The lowest BCUT2D eigenvalue weighted by molar-refractivity contribution is -0.284. The van der Waals surface area contributed by atoms with Crippen molar-refractivity contribution in [1.82, 2.24) is 0 Å². The Bertz CT molecular complexity index is 1010.